The van der Waals surface area contributed by atoms with E-state index in [4.69, 9.17) is 16.3 Å². The Morgan fingerprint density at radius 2 is 1.93 bits per heavy atom. The van der Waals surface area contributed by atoms with Crippen LogP contribution in [0, 0.1) is 0 Å². The lowest BCUT2D eigenvalue weighted by Gasteiger charge is -2.07. The summed E-state index contributed by atoms with van der Waals surface area (Å²) >= 11 is 5.97. The number of hydrogen-bond donors (Lipinski definition) is 0. The van der Waals surface area contributed by atoms with Gasteiger partial charge in [0.1, 0.15) is 0 Å². The molecule has 2 aromatic carbocycles. The molecule has 0 aliphatic heterocycles. The molecular formula is C12H9ClO2. The molecule has 0 atom stereocenters. The molecule has 0 aliphatic carbocycles. The van der Waals surface area contributed by atoms with Crippen LogP contribution in [0.2, 0.25) is 5.02 Å². The summed E-state index contributed by atoms with van der Waals surface area (Å²) in [5, 5.41) is 2.29. The van der Waals surface area contributed by atoms with Gasteiger partial charge in [0, 0.05) is 12.3 Å². The second-order valence-corrected chi connectivity index (χ2v) is 3.60. The molecule has 0 saturated heterocycles. The predicted octanol–water partition coefficient (Wildman–Crippen LogP) is 3.42. The van der Waals surface area contributed by atoms with Crippen LogP contribution in [0.15, 0.2) is 36.4 Å². The Hall–Kier alpha value is -1.54. The molecule has 0 fully saturated rings. The highest BCUT2D eigenvalue weighted by atomic mass is 35.5. The molecule has 0 N–H and O–H groups in total. The Morgan fingerprint density at radius 3 is 2.67 bits per heavy atom. The maximum absolute atomic E-state index is 10.9. The Morgan fingerprint density at radius 1 is 1.20 bits per heavy atom. The summed E-state index contributed by atoms with van der Waals surface area (Å²) in [6, 6.07) is 11.2. The van der Waals surface area contributed by atoms with Gasteiger partial charge in [-0.3, -0.25) is 4.79 Å². The first kappa shape index (κ1) is 9.99. The van der Waals surface area contributed by atoms with E-state index in [0.717, 1.165) is 10.8 Å². The van der Waals surface area contributed by atoms with E-state index in [1.807, 2.05) is 30.3 Å². The molecule has 2 aromatic rings. The zero-order valence-corrected chi connectivity index (χ0v) is 8.91. The first-order valence-electron chi connectivity index (χ1n) is 4.54. The maximum atomic E-state index is 10.9. The van der Waals surface area contributed by atoms with Gasteiger partial charge < -0.3 is 4.74 Å². The SMILES string of the molecule is CC(=O)Oc1c(Cl)ccc2ccccc12. The van der Waals surface area contributed by atoms with Crippen molar-refractivity contribution in [2.45, 2.75) is 6.92 Å². The Kier molecular flexibility index (Phi) is 2.60. The van der Waals surface area contributed by atoms with E-state index in [1.54, 1.807) is 6.07 Å². The Labute approximate surface area is 92.4 Å². The van der Waals surface area contributed by atoms with Gasteiger partial charge in [-0.1, -0.05) is 41.9 Å². The van der Waals surface area contributed by atoms with Gasteiger partial charge in [0.2, 0.25) is 0 Å². The number of ether oxygens (including phenoxy) is 1. The number of fused-ring (bicyclic) bond motifs is 1. The van der Waals surface area contributed by atoms with Crippen molar-refractivity contribution in [2.75, 3.05) is 0 Å². The van der Waals surface area contributed by atoms with Crippen molar-refractivity contribution in [3.05, 3.63) is 41.4 Å². The molecular weight excluding hydrogens is 212 g/mol. The molecule has 0 heterocycles. The van der Waals surface area contributed by atoms with E-state index in [1.165, 1.54) is 6.92 Å². The molecule has 0 unspecified atom stereocenters. The monoisotopic (exact) mass is 220 g/mol. The van der Waals surface area contributed by atoms with Gasteiger partial charge in [-0.25, -0.2) is 0 Å². The fourth-order valence-electron chi connectivity index (χ4n) is 1.46. The lowest BCUT2D eigenvalue weighted by molar-refractivity contribution is -0.131. The molecule has 76 valence electrons. The highest BCUT2D eigenvalue weighted by Crippen LogP contribution is 2.33. The number of esters is 1. The minimum atomic E-state index is -0.367. The maximum Gasteiger partial charge on any atom is 0.308 e. The van der Waals surface area contributed by atoms with Gasteiger partial charge in [0.15, 0.2) is 5.75 Å². The summed E-state index contributed by atoms with van der Waals surface area (Å²) in [5.74, 6) is 0.0653. The van der Waals surface area contributed by atoms with Gasteiger partial charge in [-0.05, 0) is 11.5 Å². The number of halogens is 1. The first-order valence-corrected chi connectivity index (χ1v) is 4.92. The highest BCUT2D eigenvalue weighted by molar-refractivity contribution is 6.33. The molecule has 15 heavy (non-hydrogen) atoms. The average Bonchev–Trinajstić information content (AvgIpc) is 2.22. The van der Waals surface area contributed by atoms with E-state index in [2.05, 4.69) is 0 Å². The van der Waals surface area contributed by atoms with E-state index in [-0.39, 0.29) is 5.97 Å². The summed E-state index contributed by atoms with van der Waals surface area (Å²) in [7, 11) is 0. The molecule has 0 saturated carbocycles. The van der Waals surface area contributed by atoms with Crippen molar-refractivity contribution in [1.82, 2.24) is 0 Å². The predicted molar refractivity (Wildman–Crippen MR) is 60.3 cm³/mol. The van der Waals surface area contributed by atoms with Gasteiger partial charge in [0.05, 0.1) is 5.02 Å². The molecule has 3 heteroatoms. The topological polar surface area (TPSA) is 26.3 Å². The van der Waals surface area contributed by atoms with Crippen LogP contribution < -0.4 is 4.74 Å². The zero-order chi connectivity index (χ0) is 10.8. The molecule has 0 aliphatic rings. The van der Waals surface area contributed by atoms with Crippen LogP contribution in [0.5, 0.6) is 5.75 Å². The summed E-state index contributed by atoms with van der Waals surface area (Å²) in [6.45, 7) is 1.36. The summed E-state index contributed by atoms with van der Waals surface area (Å²) in [6.07, 6.45) is 0. The molecule has 2 rings (SSSR count). The Balaban J connectivity index is 2.68. The van der Waals surface area contributed by atoms with E-state index in [9.17, 15) is 4.79 Å². The minimum Gasteiger partial charge on any atom is -0.424 e. The van der Waals surface area contributed by atoms with E-state index in [0.29, 0.717) is 10.8 Å². The van der Waals surface area contributed by atoms with Crippen LogP contribution in [0.4, 0.5) is 0 Å². The number of benzene rings is 2. The van der Waals surface area contributed by atoms with E-state index >= 15 is 0 Å². The van der Waals surface area contributed by atoms with Crippen LogP contribution >= 0.6 is 11.6 Å². The van der Waals surface area contributed by atoms with Crippen molar-refractivity contribution < 1.29 is 9.53 Å². The smallest absolute Gasteiger partial charge is 0.308 e. The van der Waals surface area contributed by atoms with Crippen LogP contribution in [-0.2, 0) is 4.79 Å². The third-order valence-corrected chi connectivity index (χ3v) is 2.37. The highest BCUT2D eigenvalue weighted by Gasteiger charge is 2.08. The van der Waals surface area contributed by atoms with Crippen molar-refractivity contribution in [1.29, 1.82) is 0 Å². The zero-order valence-electron chi connectivity index (χ0n) is 8.16. The van der Waals surface area contributed by atoms with Gasteiger partial charge >= 0.3 is 5.97 Å². The van der Waals surface area contributed by atoms with Crippen molar-refractivity contribution in [3.8, 4) is 5.75 Å². The number of carbonyl (C=O) groups excluding carboxylic acids is 1. The number of hydrogen-bond acceptors (Lipinski definition) is 2. The molecule has 0 spiro atoms. The van der Waals surface area contributed by atoms with Crippen LogP contribution in [-0.4, -0.2) is 5.97 Å². The quantitative estimate of drug-likeness (QED) is 0.544. The average molecular weight is 221 g/mol. The van der Waals surface area contributed by atoms with Crippen molar-refractivity contribution >= 4 is 28.3 Å². The lowest BCUT2D eigenvalue weighted by Crippen LogP contribution is -2.02. The first-order chi connectivity index (χ1) is 7.18. The standard InChI is InChI=1S/C12H9ClO2/c1-8(14)15-12-10-5-3-2-4-9(10)6-7-11(12)13/h2-7H,1H3. The van der Waals surface area contributed by atoms with Crippen LogP contribution in [0.3, 0.4) is 0 Å². The van der Waals surface area contributed by atoms with Gasteiger partial charge in [-0.2, -0.15) is 0 Å². The number of carbonyl (C=O) groups is 1. The largest absolute Gasteiger partial charge is 0.424 e. The summed E-state index contributed by atoms with van der Waals surface area (Å²) in [5.41, 5.74) is 0. The fraction of sp³-hybridized carbons (Fsp3) is 0.0833. The third kappa shape index (κ3) is 1.95. The normalized spacial score (nSPS) is 10.3. The van der Waals surface area contributed by atoms with Crippen LogP contribution in [0.25, 0.3) is 10.8 Å². The third-order valence-electron chi connectivity index (χ3n) is 2.08. The molecule has 0 aromatic heterocycles. The number of rotatable bonds is 1. The summed E-state index contributed by atoms with van der Waals surface area (Å²) < 4.78 is 5.09. The Bertz CT molecular complexity index is 520. The van der Waals surface area contributed by atoms with Crippen molar-refractivity contribution in [3.63, 3.8) is 0 Å². The summed E-state index contributed by atoms with van der Waals surface area (Å²) in [4.78, 5) is 10.9. The van der Waals surface area contributed by atoms with Gasteiger partial charge in [0.25, 0.3) is 0 Å². The molecule has 0 amide bonds. The minimum absolute atomic E-state index is 0.367. The second-order valence-electron chi connectivity index (χ2n) is 3.19. The van der Waals surface area contributed by atoms with Gasteiger partial charge in [-0.15, -0.1) is 0 Å². The van der Waals surface area contributed by atoms with Crippen LogP contribution in [0.1, 0.15) is 6.92 Å². The molecule has 2 nitrogen and oxygen atoms in total. The van der Waals surface area contributed by atoms with E-state index < -0.39 is 0 Å². The fourth-order valence-corrected chi connectivity index (χ4v) is 1.67. The van der Waals surface area contributed by atoms with Crippen molar-refractivity contribution in [2.24, 2.45) is 0 Å². The molecule has 0 bridgehead atoms. The molecule has 0 radical (unpaired) electrons. The second kappa shape index (κ2) is 3.91. The lowest BCUT2D eigenvalue weighted by atomic mass is 10.1.